The van der Waals surface area contributed by atoms with Crippen LogP contribution in [-0.4, -0.2) is 29.5 Å². The van der Waals surface area contributed by atoms with Gasteiger partial charge in [-0.2, -0.15) is 11.8 Å². The van der Waals surface area contributed by atoms with Gasteiger partial charge in [0.05, 0.1) is 10.6 Å². The number of benzene rings is 1. The Kier molecular flexibility index (Phi) is 4.57. The van der Waals surface area contributed by atoms with Crippen molar-refractivity contribution in [3.8, 4) is 0 Å². The van der Waals surface area contributed by atoms with Gasteiger partial charge in [0.2, 0.25) is 0 Å². The maximum Gasteiger partial charge on any atom is 0.167 e. The largest absolute Gasteiger partial charge is 0.375 e. The van der Waals surface area contributed by atoms with Crippen molar-refractivity contribution >= 4 is 29.1 Å². The fourth-order valence-electron chi connectivity index (χ4n) is 3.26. The number of hydrogen-bond acceptors (Lipinski definition) is 3. The normalized spacial score (nSPS) is 25.0. The van der Waals surface area contributed by atoms with Crippen LogP contribution in [0, 0.1) is 11.7 Å². The molecule has 0 amide bonds. The van der Waals surface area contributed by atoms with Gasteiger partial charge in [0, 0.05) is 18.1 Å². The summed E-state index contributed by atoms with van der Waals surface area (Å²) in [4.78, 5) is 12.7. The van der Waals surface area contributed by atoms with Gasteiger partial charge in [-0.3, -0.25) is 4.79 Å². The molecule has 21 heavy (non-hydrogen) atoms. The van der Waals surface area contributed by atoms with Gasteiger partial charge in [-0.15, -0.1) is 0 Å². The Morgan fingerprint density at radius 2 is 2.14 bits per heavy atom. The molecule has 1 atom stereocenters. The van der Waals surface area contributed by atoms with Crippen molar-refractivity contribution in [3.63, 3.8) is 0 Å². The summed E-state index contributed by atoms with van der Waals surface area (Å²) in [6, 6.07) is 4.44. The third-order valence-corrected chi connectivity index (χ3v) is 5.85. The van der Waals surface area contributed by atoms with Gasteiger partial charge in [-0.05, 0) is 49.3 Å². The van der Waals surface area contributed by atoms with Crippen molar-refractivity contribution in [3.05, 3.63) is 34.6 Å². The minimum absolute atomic E-state index is 0.0413. The second-order valence-electron chi connectivity index (χ2n) is 5.80. The van der Waals surface area contributed by atoms with Gasteiger partial charge in [0.1, 0.15) is 5.82 Å². The van der Waals surface area contributed by atoms with Crippen molar-refractivity contribution in [2.75, 3.05) is 18.1 Å². The number of hydrogen-bond donors (Lipinski definition) is 0. The lowest BCUT2D eigenvalue weighted by molar-refractivity contribution is -0.0959. The Labute approximate surface area is 133 Å². The Balaban J connectivity index is 1.79. The molecule has 5 heteroatoms. The van der Waals surface area contributed by atoms with Crippen LogP contribution in [0.4, 0.5) is 4.39 Å². The van der Waals surface area contributed by atoms with E-state index < -0.39 is 5.82 Å². The molecule has 3 rings (SSSR count). The van der Waals surface area contributed by atoms with E-state index in [1.165, 1.54) is 6.07 Å². The number of thioether (sulfide) groups is 1. The summed E-state index contributed by atoms with van der Waals surface area (Å²) < 4.78 is 19.5. The summed E-state index contributed by atoms with van der Waals surface area (Å²) in [5.74, 6) is 1.49. The molecule has 0 N–H and O–H groups in total. The lowest BCUT2D eigenvalue weighted by Gasteiger charge is -2.43. The number of Topliss-reactive ketones (excluding diaryl/α,β-unsaturated/α-hetero) is 1. The first-order chi connectivity index (χ1) is 10.1. The smallest absolute Gasteiger partial charge is 0.167 e. The molecule has 2 aliphatic heterocycles. The molecule has 0 radical (unpaired) electrons. The van der Waals surface area contributed by atoms with Gasteiger partial charge in [-0.25, -0.2) is 4.39 Å². The minimum atomic E-state index is -0.529. The molecule has 0 saturated carbocycles. The molecule has 0 bridgehead atoms. The number of carbonyl (C=O) groups excluding carboxylic acids is 1. The predicted octanol–water partition coefficient (Wildman–Crippen LogP) is 4.35. The topological polar surface area (TPSA) is 26.3 Å². The average molecular weight is 329 g/mol. The molecule has 1 aromatic rings. The van der Waals surface area contributed by atoms with Gasteiger partial charge < -0.3 is 4.74 Å². The molecular formula is C16H18ClFO2S. The van der Waals surface area contributed by atoms with Crippen molar-refractivity contribution in [1.29, 1.82) is 0 Å². The highest BCUT2D eigenvalue weighted by Crippen LogP contribution is 2.41. The van der Waals surface area contributed by atoms with Crippen LogP contribution in [0.1, 0.15) is 36.0 Å². The van der Waals surface area contributed by atoms with Crippen LogP contribution in [-0.2, 0) is 4.74 Å². The summed E-state index contributed by atoms with van der Waals surface area (Å²) in [5, 5.41) is -0.0535. The number of carbonyl (C=O) groups is 1. The molecule has 1 unspecified atom stereocenters. The first-order valence-electron chi connectivity index (χ1n) is 7.31. The zero-order valence-corrected chi connectivity index (χ0v) is 13.3. The van der Waals surface area contributed by atoms with E-state index in [1.54, 1.807) is 12.1 Å². The van der Waals surface area contributed by atoms with Crippen LogP contribution in [0.25, 0.3) is 0 Å². The Bertz CT molecular complexity index is 538. The molecular weight excluding hydrogens is 311 g/mol. The van der Waals surface area contributed by atoms with E-state index in [0.717, 1.165) is 30.8 Å². The minimum Gasteiger partial charge on any atom is -0.375 e. The van der Waals surface area contributed by atoms with Crippen molar-refractivity contribution in [1.82, 2.24) is 0 Å². The number of ether oxygens (including phenoxy) is 1. The Hall–Kier alpha value is -0.580. The van der Waals surface area contributed by atoms with Crippen LogP contribution in [0.2, 0.25) is 5.02 Å². The molecule has 2 fully saturated rings. The van der Waals surface area contributed by atoms with Crippen LogP contribution in [0.15, 0.2) is 18.2 Å². The molecule has 2 aliphatic rings. The highest BCUT2D eigenvalue weighted by molar-refractivity contribution is 7.99. The van der Waals surface area contributed by atoms with Crippen LogP contribution in [0.5, 0.6) is 0 Å². The number of halogens is 2. The third kappa shape index (κ3) is 3.13. The summed E-state index contributed by atoms with van der Waals surface area (Å²) in [5.41, 5.74) is 0.160. The Morgan fingerprint density at radius 1 is 1.38 bits per heavy atom. The summed E-state index contributed by atoms with van der Waals surface area (Å²) in [6.45, 7) is 0.605. The highest BCUT2D eigenvalue weighted by Gasteiger charge is 2.41. The maximum absolute atomic E-state index is 13.5. The monoisotopic (exact) mass is 328 g/mol. The molecule has 1 spiro atoms. The number of rotatable bonds is 2. The van der Waals surface area contributed by atoms with E-state index in [2.05, 4.69) is 0 Å². The average Bonchev–Trinajstić information content (AvgIpc) is 2.50. The maximum atomic E-state index is 13.5. The predicted molar refractivity (Wildman–Crippen MR) is 83.7 cm³/mol. The number of ketones is 1. The van der Waals surface area contributed by atoms with Gasteiger partial charge in [0.15, 0.2) is 5.78 Å². The van der Waals surface area contributed by atoms with Gasteiger partial charge >= 0.3 is 0 Å². The first kappa shape index (κ1) is 15.3. The van der Waals surface area contributed by atoms with E-state index in [4.69, 9.17) is 16.3 Å². The van der Waals surface area contributed by atoms with E-state index in [9.17, 15) is 9.18 Å². The SMILES string of the molecule is O=C(c1cccc(F)c1Cl)C1CCOC2(CCSCC2)C1. The molecule has 0 aliphatic carbocycles. The molecule has 2 heterocycles. The van der Waals surface area contributed by atoms with E-state index in [1.807, 2.05) is 11.8 Å². The van der Waals surface area contributed by atoms with Crippen molar-refractivity contribution in [2.45, 2.75) is 31.3 Å². The molecule has 1 aromatic carbocycles. The molecule has 114 valence electrons. The van der Waals surface area contributed by atoms with Crippen molar-refractivity contribution in [2.24, 2.45) is 5.92 Å². The Morgan fingerprint density at radius 3 is 2.90 bits per heavy atom. The van der Waals surface area contributed by atoms with Crippen LogP contribution < -0.4 is 0 Å². The first-order valence-corrected chi connectivity index (χ1v) is 8.84. The second kappa shape index (κ2) is 6.27. The van der Waals surface area contributed by atoms with E-state index in [0.29, 0.717) is 18.6 Å². The second-order valence-corrected chi connectivity index (χ2v) is 7.40. The zero-order valence-electron chi connectivity index (χ0n) is 11.7. The van der Waals surface area contributed by atoms with Crippen LogP contribution >= 0.6 is 23.4 Å². The molecule has 2 nitrogen and oxygen atoms in total. The lowest BCUT2D eigenvalue weighted by Crippen LogP contribution is -2.44. The fourth-order valence-corrected chi connectivity index (χ4v) is 4.71. The van der Waals surface area contributed by atoms with Gasteiger partial charge in [-0.1, -0.05) is 17.7 Å². The molecule has 2 saturated heterocycles. The van der Waals surface area contributed by atoms with Crippen molar-refractivity contribution < 1.29 is 13.9 Å². The van der Waals surface area contributed by atoms with E-state index >= 15 is 0 Å². The fraction of sp³-hybridized carbons (Fsp3) is 0.562. The zero-order chi connectivity index (χ0) is 14.9. The summed E-state index contributed by atoms with van der Waals surface area (Å²) >= 11 is 7.89. The third-order valence-electron chi connectivity index (χ3n) is 4.48. The van der Waals surface area contributed by atoms with Crippen LogP contribution in [0.3, 0.4) is 0 Å². The molecule has 0 aromatic heterocycles. The quantitative estimate of drug-likeness (QED) is 0.755. The highest BCUT2D eigenvalue weighted by atomic mass is 35.5. The van der Waals surface area contributed by atoms with E-state index in [-0.39, 0.29) is 22.3 Å². The lowest BCUT2D eigenvalue weighted by atomic mass is 9.79. The standard InChI is InChI=1S/C16H18ClFO2S/c17-14-12(2-1-3-13(14)18)15(19)11-4-7-20-16(10-11)5-8-21-9-6-16/h1-3,11H,4-10H2. The summed E-state index contributed by atoms with van der Waals surface area (Å²) in [6.07, 6.45) is 3.43. The van der Waals surface area contributed by atoms with Gasteiger partial charge in [0.25, 0.3) is 0 Å². The summed E-state index contributed by atoms with van der Waals surface area (Å²) in [7, 11) is 0.